The van der Waals surface area contributed by atoms with Crippen LogP contribution >= 0.6 is 23.2 Å². The maximum absolute atomic E-state index is 14.9. The number of ketones is 1. The van der Waals surface area contributed by atoms with E-state index in [4.69, 9.17) is 23.2 Å². The summed E-state index contributed by atoms with van der Waals surface area (Å²) < 4.78 is 33.4. The Kier molecular flexibility index (Phi) is 7.87. The highest BCUT2D eigenvalue weighted by atomic mass is 35.5. The van der Waals surface area contributed by atoms with Crippen molar-refractivity contribution in [2.45, 2.75) is 20.3 Å². The van der Waals surface area contributed by atoms with Crippen molar-refractivity contribution in [2.24, 2.45) is 7.05 Å². The van der Waals surface area contributed by atoms with Crippen molar-refractivity contribution in [2.75, 3.05) is 11.2 Å². The SMILES string of the molecule is Cc1cc2c(nc(C)n2C)c(Cl)c1-c1cccn2c(C(=O)c3cc(F)c(NC(=O)/C=C/CCl)c(F)c3)cc(CC#N)c12. The van der Waals surface area contributed by atoms with Gasteiger partial charge in [-0.05, 0) is 55.3 Å². The number of nitrogens with one attached hydrogen (secondary N) is 1. The highest BCUT2D eigenvalue weighted by Crippen LogP contribution is 2.40. The number of hydrogen-bond acceptors (Lipinski definition) is 4. The average molecular weight is 606 g/mol. The molecule has 3 heterocycles. The highest BCUT2D eigenvalue weighted by Gasteiger charge is 2.24. The number of fused-ring (bicyclic) bond motifs is 2. The molecule has 5 rings (SSSR count). The second kappa shape index (κ2) is 11.4. The minimum atomic E-state index is -1.12. The summed E-state index contributed by atoms with van der Waals surface area (Å²) in [5.41, 5.74) is 3.98. The number of rotatable bonds is 7. The van der Waals surface area contributed by atoms with Crippen LogP contribution in [-0.2, 0) is 18.3 Å². The standard InChI is InChI=1S/C31H23Cl2F2N5O2/c1-16-12-23-29(37-17(2)39(23)3)27(33)26(16)20-6-5-11-40-24(15-18(8-10-36)30(20)40)31(42)19-13-21(34)28(22(35)14-19)38-25(41)7-4-9-32/h4-7,11-15H,8-9H2,1-3H3,(H,38,41)/b7-4+. The molecule has 1 amide bonds. The van der Waals surface area contributed by atoms with E-state index in [0.29, 0.717) is 32.7 Å². The molecule has 3 aromatic heterocycles. The highest BCUT2D eigenvalue weighted by molar-refractivity contribution is 6.38. The van der Waals surface area contributed by atoms with Gasteiger partial charge in [-0.25, -0.2) is 13.8 Å². The van der Waals surface area contributed by atoms with E-state index >= 15 is 0 Å². The van der Waals surface area contributed by atoms with Crippen molar-refractivity contribution in [3.63, 3.8) is 0 Å². The number of nitriles is 1. The Hall–Kier alpha value is -4.52. The van der Waals surface area contributed by atoms with E-state index in [1.807, 2.05) is 37.6 Å². The van der Waals surface area contributed by atoms with E-state index in [0.717, 1.165) is 35.1 Å². The number of pyridine rings is 1. The van der Waals surface area contributed by atoms with Gasteiger partial charge in [-0.15, -0.1) is 11.6 Å². The van der Waals surface area contributed by atoms with Gasteiger partial charge in [0.05, 0.1) is 34.2 Å². The Morgan fingerprint density at radius 3 is 2.55 bits per heavy atom. The van der Waals surface area contributed by atoms with Crippen LogP contribution < -0.4 is 5.32 Å². The molecule has 0 radical (unpaired) electrons. The fourth-order valence-corrected chi connectivity index (χ4v) is 5.56. The summed E-state index contributed by atoms with van der Waals surface area (Å²) in [6.45, 7) is 3.80. The minimum absolute atomic E-state index is 0.0289. The molecule has 0 aliphatic heterocycles. The number of amides is 1. The number of imidazole rings is 1. The van der Waals surface area contributed by atoms with Gasteiger partial charge in [0.25, 0.3) is 0 Å². The molecule has 7 nitrogen and oxygen atoms in total. The van der Waals surface area contributed by atoms with E-state index < -0.39 is 29.0 Å². The summed E-state index contributed by atoms with van der Waals surface area (Å²) >= 11 is 12.4. The molecule has 0 spiro atoms. The Morgan fingerprint density at radius 1 is 1.17 bits per heavy atom. The Morgan fingerprint density at radius 2 is 1.88 bits per heavy atom. The number of anilines is 1. The molecule has 0 unspecified atom stereocenters. The molecule has 212 valence electrons. The van der Waals surface area contributed by atoms with Crippen LogP contribution in [0.4, 0.5) is 14.5 Å². The van der Waals surface area contributed by atoms with Crippen LogP contribution in [0, 0.1) is 36.8 Å². The number of benzene rings is 2. The lowest BCUT2D eigenvalue weighted by Gasteiger charge is -2.14. The molecule has 0 saturated heterocycles. The van der Waals surface area contributed by atoms with Gasteiger partial charge in [-0.2, -0.15) is 5.26 Å². The summed E-state index contributed by atoms with van der Waals surface area (Å²) in [4.78, 5) is 30.2. The Balaban J connectivity index is 1.66. The monoisotopic (exact) mass is 605 g/mol. The van der Waals surface area contributed by atoms with Gasteiger partial charge in [-0.3, -0.25) is 9.59 Å². The molecule has 42 heavy (non-hydrogen) atoms. The quantitative estimate of drug-likeness (QED) is 0.122. The molecule has 0 aliphatic carbocycles. The van der Waals surface area contributed by atoms with Gasteiger partial charge >= 0.3 is 0 Å². The first-order valence-electron chi connectivity index (χ1n) is 12.8. The van der Waals surface area contributed by atoms with Crippen molar-refractivity contribution in [1.29, 1.82) is 5.26 Å². The molecule has 0 fully saturated rings. The fourth-order valence-electron chi connectivity index (χ4n) is 5.08. The van der Waals surface area contributed by atoms with Crippen LogP contribution in [0.1, 0.15) is 33.0 Å². The Labute approximate surface area is 249 Å². The number of aromatic nitrogens is 3. The van der Waals surface area contributed by atoms with Crippen molar-refractivity contribution >= 4 is 57.1 Å². The number of alkyl halides is 1. The topological polar surface area (TPSA) is 92.2 Å². The number of carbonyl (C=O) groups is 2. The van der Waals surface area contributed by atoms with E-state index in [-0.39, 0.29) is 23.6 Å². The number of allylic oxidation sites excluding steroid dienone is 1. The van der Waals surface area contributed by atoms with Crippen LogP contribution in [0.2, 0.25) is 5.02 Å². The number of nitrogens with zero attached hydrogens (tertiary/aromatic N) is 4. The minimum Gasteiger partial charge on any atom is -0.331 e. The first-order chi connectivity index (χ1) is 20.1. The normalized spacial score (nSPS) is 11.5. The summed E-state index contributed by atoms with van der Waals surface area (Å²) in [5, 5.41) is 12.1. The average Bonchev–Trinajstić information content (AvgIpc) is 3.46. The van der Waals surface area contributed by atoms with Crippen LogP contribution in [0.3, 0.4) is 0 Å². The van der Waals surface area contributed by atoms with Gasteiger partial charge < -0.3 is 14.3 Å². The zero-order chi connectivity index (χ0) is 30.3. The predicted octanol–water partition coefficient (Wildman–Crippen LogP) is 7.07. The molecular weight excluding hydrogens is 583 g/mol. The van der Waals surface area contributed by atoms with Gasteiger partial charge in [0, 0.05) is 41.9 Å². The largest absolute Gasteiger partial charge is 0.331 e. The third-order valence-electron chi connectivity index (χ3n) is 7.09. The zero-order valence-electron chi connectivity index (χ0n) is 22.7. The first-order valence-corrected chi connectivity index (χ1v) is 13.7. The smallest absolute Gasteiger partial charge is 0.248 e. The number of aryl methyl sites for hydroxylation is 3. The van der Waals surface area contributed by atoms with Gasteiger partial charge in [0.15, 0.2) is 0 Å². The third kappa shape index (κ3) is 4.93. The van der Waals surface area contributed by atoms with Crippen molar-refractivity contribution < 1.29 is 18.4 Å². The lowest BCUT2D eigenvalue weighted by atomic mass is 9.97. The summed E-state index contributed by atoms with van der Waals surface area (Å²) in [5.74, 6) is -2.85. The number of carbonyl (C=O) groups excluding carboxylic acids is 2. The summed E-state index contributed by atoms with van der Waals surface area (Å²) in [7, 11) is 1.90. The van der Waals surface area contributed by atoms with Gasteiger partial charge in [0.2, 0.25) is 11.7 Å². The molecule has 0 atom stereocenters. The van der Waals surface area contributed by atoms with E-state index in [2.05, 4.69) is 16.4 Å². The van der Waals surface area contributed by atoms with Crippen LogP contribution in [0.25, 0.3) is 27.7 Å². The van der Waals surface area contributed by atoms with Crippen LogP contribution in [-0.4, -0.2) is 31.5 Å². The molecule has 1 N–H and O–H groups in total. The summed E-state index contributed by atoms with van der Waals surface area (Å²) in [6.07, 6.45) is 3.98. The molecule has 5 aromatic rings. The van der Waals surface area contributed by atoms with Crippen LogP contribution in [0.5, 0.6) is 0 Å². The Bertz CT molecular complexity index is 1980. The first kappa shape index (κ1) is 29.0. The molecule has 0 saturated carbocycles. The zero-order valence-corrected chi connectivity index (χ0v) is 24.2. The number of hydrogen-bond donors (Lipinski definition) is 1. The maximum atomic E-state index is 14.9. The van der Waals surface area contributed by atoms with Gasteiger partial charge in [0.1, 0.15) is 28.7 Å². The van der Waals surface area contributed by atoms with Crippen molar-refractivity contribution in [1.82, 2.24) is 14.0 Å². The lowest BCUT2D eigenvalue weighted by molar-refractivity contribution is -0.112. The van der Waals surface area contributed by atoms with Crippen molar-refractivity contribution in [3.8, 4) is 17.2 Å². The van der Waals surface area contributed by atoms with Gasteiger partial charge in [-0.1, -0.05) is 23.7 Å². The maximum Gasteiger partial charge on any atom is 0.248 e. The molecular formula is C31H23Cl2F2N5O2. The van der Waals surface area contributed by atoms with E-state index in [1.54, 1.807) is 22.7 Å². The second-order valence-corrected chi connectivity index (χ2v) is 10.4. The molecule has 0 aliphatic rings. The predicted molar refractivity (Wildman–Crippen MR) is 159 cm³/mol. The molecule has 2 aromatic carbocycles. The third-order valence-corrected chi connectivity index (χ3v) is 7.64. The molecule has 0 bridgehead atoms. The molecule has 11 heteroatoms. The van der Waals surface area contributed by atoms with E-state index in [9.17, 15) is 23.6 Å². The van der Waals surface area contributed by atoms with Crippen LogP contribution in [0.15, 0.2) is 54.7 Å². The summed E-state index contributed by atoms with van der Waals surface area (Å²) in [6, 6.07) is 10.9. The fraction of sp³-hybridized carbons (Fsp3) is 0.161. The van der Waals surface area contributed by atoms with E-state index in [1.165, 1.54) is 6.08 Å². The number of halogens is 4. The lowest BCUT2D eigenvalue weighted by Crippen LogP contribution is -2.13. The second-order valence-electron chi connectivity index (χ2n) is 9.69. The van der Waals surface area contributed by atoms with Crippen molar-refractivity contribution in [3.05, 3.63) is 99.6 Å².